The largest absolute Gasteiger partial charge is 0.309 e. The molecule has 0 unspecified atom stereocenters. The molecule has 2 aromatic heterocycles. The SMILES string of the molecule is c1ccc2cc(-n3c4ccccc4c4cc(-c5ccc(-c6ccc(-c7ccc(-c8ccc(-c9ccc%10c(c9)c9ccccc9n%10-c9ccc%10ccccc%10c9)cc8)cc7)cc6)cc5)ccc43)ccc2c1. The number of hydrogen-bond acceptors (Lipinski definition) is 0. The average molecular weight is 889 g/mol. The topological polar surface area (TPSA) is 9.86 Å². The van der Waals surface area contributed by atoms with E-state index in [0.29, 0.717) is 0 Å². The molecular formula is C68H44N2. The van der Waals surface area contributed by atoms with E-state index in [4.69, 9.17) is 0 Å². The second-order valence-electron chi connectivity index (χ2n) is 18.5. The standard InChI is InChI=1S/C68H44N2/c1-3-11-55-41-59(37-33-45(55)9-1)69-65-15-7-5-13-61(65)63-43-57(35-39-67(63)69)53-29-25-51(26-30-53)49-21-17-47(18-22-49)48-19-23-50(24-20-48)52-27-31-54(32-28-52)58-36-40-68-64(44-58)62-14-6-8-16-66(62)70(68)60-38-34-46-10-2-4-12-56(46)42-60/h1-44H. The molecule has 12 aromatic carbocycles. The summed E-state index contributed by atoms with van der Waals surface area (Å²) >= 11 is 0. The molecular weight excluding hydrogens is 845 g/mol. The Morgan fingerprint density at radius 2 is 0.443 bits per heavy atom. The molecule has 0 atom stereocenters. The summed E-state index contributed by atoms with van der Waals surface area (Å²) in [5, 5.41) is 10.0. The molecule has 0 saturated carbocycles. The van der Waals surface area contributed by atoms with Gasteiger partial charge >= 0.3 is 0 Å². The van der Waals surface area contributed by atoms with E-state index in [1.807, 2.05) is 0 Å². The Bertz CT molecular complexity index is 4020. The molecule has 14 aromatic rings. The zero-order chi connectivity index (χ0) is 46.1. The normalized spacial score (nSPS) is 11.7. The summed E-state index contributed by atoms with van der Waals surface area (Å²) < 4.78 is 4.80. The van der Waals surface area contributed by atoms with Crippen molar-refractivity contribution in [2.45, 2.75) is 0 Å². The summed E-state index contributed by atoms with van der Waals surface area (Å²) in [6.07, 6.45) is 0. The van der Waals surface area contributed by atoms with Crippen LogP contribution in [0.4, 0.5) is 0 Å². The smallest absolute Gasteiger partial charge is 0.0541 e. The van der Waals surface area contributed by atoms with Crippen LogP contribution in [0, 0.1) is 0 Å². The molecule has 326 valence electrons. The van der Waals surface area contributed by atoms with Gasteiger partial charge in [0.25, 0.3) is 0 Å². The van der Waals surface area contributed by atoms with Crippen molar-refractivity contribution in [1.82, 2.24) is 9.13 Å². The van der Waals surface area contributed by atoms with E-state index in [9.17, 15) is 0 Å². The van der Waals surface area contributed by atoms with Gasteiger partial charge in [-0.1, -0.05) is 206 Å². The van der Waals surface area contributed by atoms with Gasteiger partial charge < -0.3 is 9.13 Å². The third-order valence-electron chi connectivity index (χ3n) is 14.5. The second-order valence-corrected chi connectivity index (χ2v) is 18.5. The van der Waals surface area contributed by atoms with Crippen LogP contribution in [-0.4, -0.2) is 9.13 Å². The first kappa shape index (κ1) is 39.9. The van der Waals surface area contributed by atoms with Crippen LogP contribution in [0.5, 0.6) is 0 Å². The van der Waals surface area contributed by atoms with E-state index >= 15 is 0 Å². The zero-order valence-corrected chi connectivity index (χ0v) is 38.3. The summed E-state index contributed by atoms with van der Waals surface area (Å²) in [5.41, 5.74) is 19.3. The van der Waals surface area contributed by atoms with Gasteiger partial charge in [-0.3, -0.25) is 0 Å². The van der Waals surface area contributed by atoms with Crippen LogP contribution in [-0.2, 0) is 0 Å². The number of rotatable bonds is 7. The monoisotopic (exact) mass is 888 g/mol. The first-order chi connectivity index (χ1) is 34.7. The molecule has 70 heavy (non-hydrogen) atoms. The molecule has 0 bridgehead atoms. The first-order valence-electron chi connectivity index (χ1n) is 24.1. The van der Waals surface area contributed by atoms with Crippen molar-refractivity contribution >= 4 is 65.2 Å². The predicted octanol–water partition coefficient (Wildman–Crippen LogP) is 18.5. The van der Waals surface area contributed by atoms with E-state index in [-0.39, 0.29) is 0 Å². The summed E-state index contributed by atoms with van der Waals surface area (Å²) in [7, 11) is 0. The fraction of sp³-hybridized carbons (Fsp3) is 0. The van der Waals surface area contributed by atoms with Crippen molar-refractivity contribution in [3.05, 3.63) is 267 Å². The minimum absolute atomic E-state index is 1.18. The molecule has 0 N–H and O–H groups in total. The van der Waals surface area contributed by atoms with Gasteiger partial charge in [0.2, 0.25) is 0 Å². The average Bonchev–Trinajstić information content (AvgIpc) is 3.95. The van der Waals surface area contributed by atoms with Crippen molar-refractivity contribution in [2.75, 3.05) is 0 Å². The molecule has 0 spiro atoms. The highest BCUT2D eigenvalue weighted by molar-refractivity contribution is 6.12. The Morgan fingerprint density at radius 1 is 0.171 bits per heavy atom. The van der Waals surface area contributed by atoms with Crippen molar-refractivity contribution in [2.24, 2.45) is 0 Å². The van der Waals surface area contributed by atoms with Gasteiger partial charge in [0, 0.05) is 32.9 Å². The Hall–Kier alpha value is -9.24. The van der Waals surface area contributed by atoms with Crippen LogP contribution in [0.3, 0.4) is 0 Å². The van der Waals surface area contributed by atoms with Crippen molar-refractivity contribution in [3.63, 3.8) is 0 Å². The minimum atomic E-state index is 1.18. The second kappa shape index (κ2) is 16.2. The maximum Gasteiger partial charge on any atom is 0.0541 e. The van der Waals surface area contributed by atoms with Gasteiger partial charge in [0.15, 0.2) is 0 Å². The summed E-state index contributed by atoms with van der Waals surface area (Å²) in [6.45, 7) is 0. The van der Waals surface area contributed by atoms with Crippen LogP contribution in [0.1, 0.15) is 0 Å². The molecule has 2 heteroatoms. The highest BCUT2D eigenvalue weighted by Crippen LogP contribution is 2.39. The Morgan fingerprint density at radius 3 is 0.800 bits per heavy atom. The van der Waals surface area contributed by atoms with E-state index < -0.39 is 0 Å². The third-order valence-corrected chi connectivity index (χ3v) is 14.5. The fourth-order valence-electron chi connectivity index (χ4n) is 10.9. The van der Waals surface area contributed by atoms with Gasteiger partial charge in [-0.2, -0.15) is 0 Å². The molecule has 0 aliphatic heterocycles. The maximum atomic E-state index is 2.40. The van der Waals surface area contributed by atoms with Crippen LogP contribution in [0.15, 0.2) is 267 Å². The fourth-order valence-corrected chi connectivity index (χ4v) is 10.9. The zero-order valence-electron chi connectivity index (χ0n) is 38.3. The number of benzene rings is 12. The summed E-state index contributed by atoms with van der Waals surface area (Å²) in [6, 6.07) is 97.9. The van der Waals surface area contributed by atoms with Crippen LogP contribution >= 0.6 is 0 Å². The summed E-state index contributed by atoms with van der Waals surface area (Å²) in [5.74, 6) is 0. The van der Waals surface area contributed by atoms with E-state index in [1.54, 1.807) is 0 Å². The Labute approximate surface area is 406 Å². The lowest BCUT2D eigenvalue weighted by atomic mass is 9.96. The highest BCUT2D eigenvalue weighted by Gasteiger charge is 2.16. The predicted molar refractivity (Wildman–Crippen MR) is 297 cm³/mol. The van der Waals surface area contributed by atoms with E-state index in [2.05, 4.69) is 276 Å². The Kier molecular flexibility index (Phi) is 9.25. The van der Waals surface area contributed by atoms with Gasteiger partial charge in [-0.05, 0) is 138 Å². The van der Waals surface area contributed by atoms with E-state index in [1.165, 1.54) is 132 Å². The summed E-state index contributed by atoms with van der Waals surface area (Å²) in [4.78, 5) is 0. The number of aromatic nitrogens is 2. The van der Waals surface area contributed by atoms with Gasteiger partial charge in [0.05, 0.1) is 22.1 Å². The number of nitrogens with zero attached hydrogens (tertiary/aromatic N) is 2. The van der Waals surface area contributed by atoms with Crippen LogP contribution in [0.2, 0.25) is 0 Å². The number of hydrogen-bond donors (Lipinski definition) is 0. The van der Waals surface area contributed by atoms with Crippen LogP contribution in [0.25, 0.3) is 132 Å². The van der Waals surface area contributed by atoms with Crippen molar-refractivity contribution in [3.8, 4) is 67.0 Å². The molecule has 0 saturated heterocycles. The number of fused-ring (bicyclic) bond motifs is 8. The molecule has 0 radical (unpaired) electrons. The molecule has 0 fully saturated rings. The lowest BCUT2D eigenvalue weighted by Gasteiger charge is -2.10. The molecule has 2 heterocycles. The first-order valence-corrected chi connectivity index (χ1v) is 24.1. The highest BCUT2D eigenvalue weighted by atomic mass is 15.0. The van der Waals surface area contributed by atoms with Crippen LogP contribution < -0.4 is 0 Å². The quantitative estimate of drug-likeness (QED) is 0.151. The van der Waals surface area contributed by atoms with Gasteiger partial charge in [0.1, 0.15) is 0 Å². The minimum Gasteiger partial charge on any atom is -0.309 e. The lowest BCUT2D eigenvalue weighted by Crippen LogP contribution is -1.93. The molecule has 0 amide bonds. The van der Waals surface area contributed by atoms with Crippen molar-refractivity contribution < 1.29 is 0 Å². The van der Waals surface area contributed by atoms with Gasteiger partial charge in [-0.15, -0.1) is 0 Å². The number of para-hydroxylation sites is 2. The van der Waals surface area contributed by atoms with Gasteiger partial charge in [-0.25, -0.2) is 0 Å². The molecule has 2 nitrogen and oxygen atoms in total. The Balaban J connectivity index is 0.687. The third kappa shape index (κ3) is 6.72. The maximum absolute atomic E-state index is 2.40. The molecule has 0 aliphatic carbocycles. The van der Waals surface area contributed by atoms with E-state index in [0.717, 1.165) is 0 Å². The molecule has 0 aliphatic rings. The lowest BCUT2D eigenvalue weighted by molar-refractivity contribution is 1.19. The van der Waals surface area contributed by atoms with Crippen molar-refractivity contribution in [1.29, 1.82) is 0 Å². The molecule has 14 rings (SSSR count).